The number of oxime groups is 1. The first-order valence-corrected chi connectivity index (χ1v) is 5.06. The number of carboxylic acids is 1. The number of hydrogen-bond donors (Lipinski definition) is 3. The maximum atomic E-state index is 11.8. The molecule has 0 saturated carbocycles. The molecule has 0 aromatic heterocycles. The van der Waals surface area contributed by atoms with Gasteiger partial charge in [0, 0.05) is 19.5 Å². The molecule has 96 valence electrons. The molecule has 17 heavy (non-hydrogen) atoms. The van der Waals surface area contributed by atoms with Crippen LogP contribution in [0.5, 0.6) is 0 Å². The highest BCUT2D eigenvalue weighted by Gasteiger charge is 2.34. The average Bonchev–Trinajstić information content (AvgIpc) is 2.77. The highest BCUT2D eigenvalue weighted by molar-refractivity contribution is 6.36. The number of nitrogens with zero attached hydrogens (tertiary/aromatic N) is 2. The molecule has 8 nitrogen and oxygen atoms in total. The van der Waals surface area contributed by atoms with Crippen molar-refractivity contribution >= 4 is 17.6 Å². The van der Waals surface area contributed by atoms with Gasteiger partial charge in [-0.15, -0.1) is 0 Å². The lowest BCUT2D eigenvalue weighted by Crippen LogP contribution is -2.42. The number of carbonyl (C=O) groups is 2. The van der Waals surface area contributed by atoms with Crippen molar-refractivity contribution < 1.29 is 29.7 Å². The fourth-order valence-electron chi connectivity index (χ4n) is 1.41. The Labute approximate surface area is 97.1 Å². The standard InChI is InChI=1S/C9H14N2O6/c12-3-1-11(2-4-13)8(14)7-5-6(9(15)16)10-17-7/h7,12-13H,1-5H2,(H,15,16). The zero-order chi connectivity index (χ0) is 12.8. The first-order chi connectivity index (χ1) is 8.10. The summed E-state index contributed by atoms with van der Waals surface area (Å²) in [5.74, 6) is -1.72. The molecular formula is C9H14N2O6. The summed E-state index contributed by atoms with van der Waals surface area (Å²) in [5.41, 5.74) is -0.212. The van der Waals surface area contributed by atoms with Crippen LogP contribution in [0.4, 0.5) is 0 Å². The van der Waals surface area contributed by atoms with Crippen molar-refractivity contribution in [1.29, 1.82) is 0 Å². The molecule has 1 atom stereocenters. The molecular weight excluding hydrogens is 232 g/mol. The SMILES string of the molecule is O=C(O)C1=NOC(C(=O)N(CCO)CCO)C1. The molecule has 0 radical (unpaired) electrons. The van der Waals surface area contributed by atoms with E-state index in [1.54, 1.807) is 0 Å². The van der Waals surface area contributed by atoms with Crippen LogP contribution >= 0.6 is 0 Å². The number of hydrogen-bond acceptors (Lipinski definition) is 6. The number of aliphatic hydroxyl groups excluding tert-OH is 2. The second kappa shape index (κ2) is 6.16. The van der Waals surface area contributed by atoms with Crippen molar-refractivity contribution in [2.45, 2.75) is 12.5 Å². The molecule has 1 rings (SSSR count). The summed E-state index contributed by atoms with van der Waals surface area (Å²) < 4.78 is 0. The molecule has 3 N–H and O–H groups in total. The van der Waals surface area contributed by atoms with Crippen LogP contribution in [0.15, 0.2) is 5.16 Å². The number of aliphatic hydroxyl groups is 2. The summed E-state index contributed by atoms with van der Waals surface area (Å²) in [7, 11) is 0. The second-order valence-corrected chi connectivity index (χ2v) is 3.41. The molecule has 1 aliphatic heterocycles. The Hall–Kier alpha value is -1.67. The van der Waals surface area contributed by atoms with Crippen molar-refractivity contribution in [2.24, 2.45) is 5.16 Å². The normalized spacial score (nSPS) is 18.5. The van der Waals surface area contributed by atoms with Crippen molar-refractivity contribution in [3.8, 4) is 0 Å². The first-order valence-electron chi connectivity index (χ1n) is 5.06. The summed E-state index contributed by atoms with van der Waals surface area (Å²) in [6.45, 7) is -0.375. The number of aliphatic carboxylic acids is 1. The zero-order valence-electron chi connectivity index (χ0n) is 9.07. The van der Waals surface area contributed by atoms with Gasteiger partial charge in [0.15, 0.2) is 5.71 Å². The van der Waals surface area contributed by atoms with E-state index in [-0.39, 0.29) is 38.4 Å². The van der Waals surface area contributed by atoms with Gasteiger partial charge in [-0.2, -0.15) is 0 Å². The number of rotatable bonds is 6. The zero-order valence-corrected chi connectivity index (χ0v) is 9.07. The van der Waals surface area contributed by atoms with Crippen LogP contribution in [-0.4, -0.2) is 70.2 Å². The smallest absolute Gasteiger partial charge is 0.353 e. The minimum absolute atomic E-state index is 0.0572. The summed E-state index contributed by atoms with van der Waals surface area (Å²) in [6.07, 6.45) is -1.10. The molecule has 0 bridgehead atoms. The topological polar surface area (TPSA) is 120 Å². The van der Waals surface area contributed by atoms with Gasteiger partial charge in [-0.3, -0.25) is 4.79 Å². The van der Waals surface area contributed by atoms with Gasteiger partial charge in [0.1, 0.15) is 0 Å². The molecule has 0 spiro atoms. The largest absolute Gasteiger partial charge is 0.477 e. The first kappa shape index (κ1) is 13.4. The lowest BCUT2D eigenvalue weighted by Gasteiger charge is -2.22. The third-order valence-electron chi connectivity index (χ3n) is 2.24. The Morgan fingerprint density at radius 3 is 2.35 bits per heavy atom. The highest BCUT2D eigenvalue weighted by atomic mass is 16.6. The van der Waals surface area contributed by atoms with Gasteiger partial charge < -0.3 is 25.1 Å². The average molecular weight is 246 g/mol. The molecule has 1 unspecified atom stereocenters. The number of carbonyl (C=O) groups excluding carboxylic acids is 1. The molecule has 0 aromatic carbocycles. The molecule has 1 amide bonds. The van der Waals surface area contributed by atoms with E-state index in [0.29, 0.717) is 0 Å². The van der Waals surface area contributed by atoms with Crippen LogP contribution in [0.2, 0.25) is 0 Å². The van der Waals surface area contributed by atoms with Crippen molar-refractivity contribution in [2.75, 3.05) is 26.3 Å². The fourth-order valence-corrected chi connectivity index (χ4v) is 1.41. The van der Waals surface area contributed by atoms with Crippen molar-refractivity contribution in [3.05, 3.63) is 0 Å². The minimum Gasteiger partial charge on any atom is -0.477 e. The van der Waals surface area contributed by atoms with Crippen molar-refractivity contribution in [1.82, 2.24) is 4.90 Å². The summed E-state index contributed by atoms with van der Waals surface area (Å²) in [6, 6.07) is 0. The van der Waals surface area contributed by atoms with E-state index in [2.05, 4.69) is 5.16 Å². The van der Waals surface area contributed by atoms with E-state index in [1.807, 2.05) is 0 Å². The highest BCUT2D eigenvalue weighted by Crippen LogP contribution is 2.13. The Morgan fingerprint density at radius 1 is 1.35 bits per heavy atom. The van der Waals surface area contributed by atoms with Gasteiger partial charge in [-0.1, -0.05) is 5.16 Å². The Kier molecular flexibility index (Phi) is 4.85. The summed E-state index contributed by atoms with van der Waals surface area (Å²) in [5, 5.41) is 29.4. The molecule has 0 fully saturated rings. The van der Waals surface area contributed by atoms with Crippen LogP contribution in [0.1, 0.15) is 6.42 Å². The van der Waals surface area contributed by atoms with E-state index in [4.69, 9.17) is 20.2 Å². The van der Waals surface area contributed by atoms with Gasteiger partial charge in [0.2, 0.25) is 6.10 Å². The van der Waals surface area contributed by atoms with Crippen molar-refractivity contribution in [3.63, 3.8) is 0 Å². The predicted octanol–water partition coefficient (Wildman–Crippen LogP) is -1.97. The van der Waals surface area contributed by atoms with Gasteiger partial charge in [-0.05, 0) is 0 Å². The fraction of sp³-hybridized carbons (Fsp3) is 0.667. The van der Waals surface area contributed by atoms with Crippen LogP contribution in [0, 0.1) is 0 Å². The maximum Gasteiger partial charge on any atom is 0.353 e. The maximum absolute atomic E-state index is 11.8. The second-order valence-electron chi connectivity index (χ2n) is 3.41. The third-order valence-corrected chi connectivity index (χ3v) is 2.24. The van der Waals surface area contributed by atoms with Crippen LogP contribution < -0.4 is 0 Å². The van der Waals surface area contributed by atoms with Crippen LogP contribution in [0.3, 0.4) is 0 Å². The molecule has 1 heterocycles. The summed E-state index contributed by atoms with van der Waals surface area (Å²) in [4.78, 5) is 28.3. The molecule has 0 aromatic rings. The monoisotopic (exact) mass is 246 g/mol. The predicted molar refractivity (Wildman–Crippen MR) is 55.3 cm³/mol. The quantitative estimate of drug-likeness (QED) is 0.500. The van der Waals surface area contributed by atoms with E-state index >= 15 is 0 Å². The molecule has 0 saturated heterocycles. The number of carboxylic acid groups (broad SMARTS) is 1. The van der Waals surface area contributed by atoms with Crippen LogP contribution in [0.25, 0.3) is 0 Å². The minimum atomic E-state index is -1.23. The lowest BCUT2D eigenvalue weighted by molar-refractivity contribution is -0.143. The van der Waals surface area contributed by atoms with E-state index in [1.165, 1.54) is 4.90 Å². The Balaban J connectivity index is 2.56. The lowest BCUT2D eigenvalue weighted by atomic mass is 10.1. The van der Waals surface area contributed by atoms with Gasteiger partial charge in [0.05, 0.1) is 13.2 Å². The molecule has 1 aliphatic rings. The van der Waals surface area contributed by atoms with E-state index in [9.17, 15) is 9.59 Å². The van der Waals surface area contributed by atoms with Crippen LogP contribution in [-0.2, 0) is 14.4 Å². The van der Waals surface area contributed by atoms with E-state index in [0.717, 1.165) is 0 Å². The van der Waals surface area contributed by atoms with Gasteiger partial charge in [-0.25, -0.2) is 4.79 Å². The third kappa shape index (κ3) is 3.40. The number of amides is 1. The van der Waals surface area contributed by atoms with Gasteiger partial charge >= 0.3 is 5.97 Å². The Morgan fingerprint density at radius 2 is 1.94 bits per heavy atom. The summed E-state index contributed by atoms with van der Waals surface area (Å²) >= 11 is 0. The molecule has 8 heteroatoms. The van der Waals surface area contributed by atoms with E-state index < -0.39 is 18.0 Å². The van der Waals surface area contributed by atoms with Gasteiger partial charge in [0.25, 0.3) is 5.91 Å². The molecule has 0 aliphatic carbocycles. The Bertz CT molecular complexity index is 323.